The van der Waals surface area contributed by atoms with Gasteiger partial charge in [0.25, 0.3) is 5.89 Å². The van der Waals surface area contributed by atoms with Crippen LogP contribution in [0.3, 0.4) is 0 Å². The number of hydrogen-bond donors (Lipinski definition) is 1. The average Bonchev–Trinajstić information content (AvgIpc) is 2.91. The molecule has 0 radical (unpaired) electrons. The van der Waals surface area contributed by atoms with E-state index in [0.717, 1.165) is 13.0 Å². The van der Waals surface area contributed by atoms with Gasteiger partial charge >= 0.3 is 0 Å². The van der Waals surface area contributed by atoms with Gasteiger partial charge in [0.1, 0.15) is 5.75 Å². The molecule has 0 fully saturated rings. The van der Waals surface area contributed by atoms with Gasteiger partial charge in [-0.05, 0) is 31.2 Å². The van der Waals surface area contributed by atoms with Crippen LogP contribution in [0, 0.1) is 0 Å². The summed E-state index contributed by atoms with van der Waals surface area (Å²) in [6.45, 7) is 5.20. The van der Waals surface area contributed by atoms with E-state index in [1.165, 1.54) is 0 Å². The van der Waals surface area contributed by atoms with Crippen molar-refractivity contribution in [1.29, 1.82) is 0 Å². The van der Waals surface area contributed by atoms with Gasteiger partial charge in [-0.1, -0.05) is 31.5 Å². The molecule has 0 aliphatic heterocycles. The van der Waals surface area contributed by atoms with E-state index in [1.54, 1.807) is 12.1 Å². The number of ether oxygens (including phenoxy) is 1. The molecule has 0 spiro atoms. The molecule has 0 amide bonds. The van der Waals surface area contributed by atoms with Crippen LogP contribution in [0.5, 0.6) is 5.75 Å². The van der Waals surface area contributed by atoms with Crippen LogP contribution in [0.15, 0.2) is 28.7 Å². The maximum atomic E-state index is 5.89. The van der Waals surface area contributed by atoms with E-state index in [0.29, 0.717) is 22.6 Å². The van der Waals surface area contributed by atoms with Crippen LogP contribution in [0.4, 0.5) is 0 Å². The number of benzene rings is 1. The number of hydrogen-bond acceptors (Lipinski definition) is 5. The van der Waals surface area contributed by atoms with Crippen LogP contribution in [0.2, 0.25) is 5.02 Å². The van der Waals surface area contributed by atoms with E-state index in [-0.39, 0.29) is 12.6 Å². The van der Waals surface area contributed by atoms with Crippen molar-refractivity contribution in [3.63, 3.8) is 0 Å². The lowest BCUT2D eigenvalue weighted by Crippen LogP contribution is -2.20. The molecule has 0 bridgehead atoms. The molecule has 20 heavy (non-hydrogen) atoms. The molecule has 5 nitrogen and oxygen atoms in total. The summed E-state index contributed by atoms with van der Waals surface area (Å²) in [6.07, 6.45) is 0.893. The molecule has 1 atom stereocenters. The Hall–Kier alpha value is -1.59. The highest BCUT2D eigenvalue weighted by Crippen LogP contribution is 2.19. The highest BCUT2D eigenvalue weighted by Gasteiger charge is 2.15. The summed E-state index contributed by atoms with van der Waals surface area (Å²) in [5.41, 5.74) is 0. The SMILES string of the molecule is CCNC(CC)c1nnc(COc2cccc(Cl)c2)o1. The van der Waals surface area contributed by atoms with E-state index >= 15 is 0 Å². The molecule has 0 aliphatic carbocycles. The van der Waals surface area contributed by atoms with Gasteiger partial charge in [0.05, 0.1) is 6.04 Å². The van der Waals surface area contributed by atoms with Crippen LogP contribution in [0.25, 0.3) is 0 Å². The van der Waals surface area contributed by atoms with Crippen LogP contribution >= 0.6 is 11.6 Å². The van der Waals surface area contributed by atoms with Gasteiger partial charge < -0.3 is 14.5 Å². The Morgan fingerprint density at radius 1 is 1.35 bits per heavy atom. The summed E-state index contributed by atoms with van der Waals surface area (Å²) in [7, 11) is 0. The summed E-state index contributed by atoms with van der Waals surface area (Å²) >= 11 is 5.89. The van der Waals surface area contributed by atoms with E-state index < -0.39 is 0 Å². The van der Waals surface area contributed by atoms with E-state index in [9.17, 15) is 0 Å². The lowest BCUT2D eigenvalue weighted by atomic mass is 10.2. The maximum absolute atomic E-state index is 5.89. The third kappa shape index (κ3) is 3.95. The minimum absolute atomic E-state index is 0.0902. The van der Waals surface area contributed by atoms with Crippen LogP contribution in [0.1, 0.15) is 38.1 Å². The molecule has 0 saturated carbocycles. The fraction of sp³-hybridized carbons (Fsp3) is 0.429. The zero-order valence-electron chi connectivity index (χ0n) is 11.6. The average molecular weight is 296 g/mol. The molecule has 1 aromatic carbocycles. The van der Waals surface area contributed by atoms with Gasteiger partial charge in [0, 0.05) is 5.02 Å². The van der Waals surface area contributed by atoms with Gasteiger partial charge in [0.15, 0.2) is 6.61 Å². The summed E-state index contributed by atoms with van der Waals surface area (Å²) < 4.78 is 11.2. The molecular formula is C14H18ClN3O2. The maximum Gasteiger partial charge on any atom is 0.253 e. The number of rotatable bonds is 7. The minimum atomic E-state index is 0.0902. The first-order chi connectivity index (χ1) is 9.72. The van der Waals surface area contributed by atoms with Crippen molar-refractivity contribution >= 4 is 11.6 Å². The summed E-state index contributed by atoms with van der Waals surface area (Å²) in [5, 5.41) is 12.0. The van der Waals surface area contributed by atoms with Crippen LogP contribution < -0.4 is 10.1 Å². The van der Waals surface area contributed by atoms with Crippen molar-refractivity contribution in [2.75, 3.05) is 6.54 Å². The normalized spacial score (nSPS) is 12.3. The highest BCUT2D eigenvalue weighted by atomic mass is 35.5. The lowest BCUT2D eigenvalue weighted by Gasteiger charge is -2.10. The molecule has 2 aromatic rings. The first-order valence-electron chi connectivity index (χ1n) is 6.67. The Morgan fingerprint density at radius 3 is 2.90 bits per heavy atom. The Labute approximate surface area is 123 Å². The Bertz CT molecular complexity index is 545. The van der Waals surface area contributed by atoms with Crippen LogP contribution in [-0.2, 0) is 6.61 Å². The molecule has 1 heterocycles. The predicted molar refractivity (Wildman–Crippen MR) is 76.8 cm³/mol. The number of nitrogens with one attached hydrogen (secondary N) is 1. The first-order valence-corrected chi connectivity index (χ1v) is 7.04. The molecule has 6 heteroatoms. The van der Waals surface area contributed by atoms with Gasteiger partial charge in [-0.3, -0.25) is 0 Å². The smallest absolute Gasteiger partial charge is 0.253 e. The second-order valence-corrected chi connectivity index (χ2v) is 4.74. The van der Waals surface area contributed by atoms with Gasteiger partial charge in [-0.15, -0.1) is 10.2 Å². The summed E-state index contributed by atoms with van der Waals surface area (Å²) in [4.78, 5) is 0. The topological polar surface area (TPSA) is 60.2 Å². The predicted octanol–water partition coefficient (Wildman–Crippen LogP) is 3.36. The standard InChI is InChI=1S/C14H18ClN3O2/c1-3-12(16-4-2)14-18-17-13(20-14)9-19-11-7-5-6-10(15)8-11/h5-8,12,16H,3-4,9H2,1-2H3. The van der Waals surface area contributed by atoms with Crippen molar-refractivity contribution in [1.82, 2.24) is 15.5 Å². The van der Waals surface area contributed by atoms with Crippen molar-refractivity contribution in [3.8, 4) is 5.75 Å². The first kappa shape index (κ1) is 14.8. The van der Waals surface area contributed by atoms with E-state index in [4.69, 9.17) is 20.8 Å². The molecule has 1 N–H and O–H groups in total. The third-order valence-electron chi connectivity index (χ3n) is 2.80. The van der Waals surface area contributed by atoms with E-state index in [1.807, 2.05) is 19.1 Å². The lowest BCUT2D eigenvalue weighted by molar-refractivity contribution is 0.253. The molecule has 1 aromatic heterocycles. The monoisotopic (exact) mass is 295 g/mol. The summed E-state index contributed by atoms with van der Waals surface area (Å²) in [6, 6.07) is 7.28. The second-order valence-electron chi connectivity index (χ2n) is 4.30. The molecule has 1 unspecified atom stereocenters. The summed E-state index contributed by atoms with van der Waals surface area (Å²) in [5.74, 6) is 1.73. The number of nitrogens with zero attached hydrogens (tertiary/aromatic N) is 2. The second kappa shape index (κ2) is 7.26. The van der Waals surface area contributed by atoms with E-state index in [2.05, 4.69) is 22.4 Å². The third-order valence-corrected chi connectivity index (χ3v) is 3.03. The van der Waals surface area contributed by atoms with Crippen LogP contribution in [-0.4, -0.2) is 16.7 Å². The molecular weight excluding hydrogens is 278 g/mol. The fourth-order valence-electron chi connectivity index (χ4n) is 1.82. The van der Waals surface area contributed by atoms with Gasteiger partial charge in [-0.2, -0.15) is 0 Å². The Morgan fingerprint density at radius 2 is 2.20 bits per heavy atom. The minimum Gasteiger partial charge on any atom is -0.484 e. The number of aromatic nitrogens is 2. The van der Waals surface area contributed by atoms with Crippen molar-refractivity contribution < 1.29 is 9.15 Å². The molecule has 108 valence electrons. The van der Waals surface area contributed by atoms with Gasteiger partial charge in [-0.25, -0.2) is 0 Å². The highest BCUT2D eigenvalue weighted by molar-refractivity contribution is 6.30. The fourth-order valence-corrected chi connectivity index (χ4v) is 2.00. The number of halogens is 1. The zero-order valence-corrected chi connectivity index (χ0v) is 12.4. The Kier molecular flexibility index (Phi) is 5.38. The molecule has 0 aliphatic rings. The Balaban J connectivity index is 1.95. The van der Waals surface area contributed by atoms with Crippen molar-refractivity contribution in [2.24, 2.45) is 0 Å². The molecule has 0 saturated heterocycles. The zero-order chi connectivity index (χ0) is 14.4. The molecule has 2 rings (SSSR count). The van der Waals surface area contributed by atoms with Crippen molar-refractivity contribution in [3.05, 3.63) is 41.1 Å². The van der Waals surface area contributed by atoms with Gasteiger partial charge in [0.2, 0.25) is 5.89 Å². The quantitative estimate of drug-likeness (QED) is 0.848. The largest absolute Gasteiger partial charge is 0.484 e. The van der Waals surface area contributed by atoms with Crippen molar-refractivity contribution in [2.45, 2.75) is 32.9 Å².